The molecule has 2 aliphatic rings. The second-order valence-electron chi connectivity index (χ2n) is 4.55. The van der Waals surface area contributed by atoms with Gasteiger partial charge in [-0.25, -0.2) is 9.79 Å². The summed E-state index contributed by atoms with van der Waals surface area (Å²) in [6, 6.07) is 8.68. The van der Waals surface area contributed by atoms with Crippen molar-refractivity contribution >= 4 is 33.9 Å². The zero-order valence-electron chi connectivity index (χ0n) is 11.0. The number of hydrogen-bond donors (Lipinski definition) is 0. The van der Waals surface area contributed by atoms with Gasteiger partial charge >= 0.3 is 5.97 Å². The fourth-order valence-corrected chi connectivity index (χ4v) is 2.42. The second kappa shape index (κ2) is 5.03. The van der Waals surface area contributed by atoms with E-state index in [0.717, 1.165) is 0 Å². The number of hydrogen-bond acceptors (Lipinski definition) is 6. The van der Waals surface area contributed by atoms with Gasteiger partial charge in [-0.3, -0.25) is 0 Å². The lowest BCUT2D eigenvalue weighted by atomic mass is 10.2. The highest BCUT2D eigenvalue weighted by Gasteiger charge is 2.26. The molecule has 6 nitrogen and oxygen atoms in total. The minimum Gasteiger partial charge on any atom is -0.454 e. The van der Waals surface area contributed by atoms with E-state index in [4.69, 9.17) is 18.6 Å². The Morgan fingerprint density at radius 2 is 2.00 bits per heavy atom. The predicted octanol–water partition coefficient (Wildman–Crippen LogP) is 3.12. The Morgan fingerprint density at radius 1 is 1.14 bits per heavy atom. The molecular formula is C15H8BrNO5. The van der Waals surface area contributed by atoms with Gasteiger partial charge in [0.15, 0.2) is 21.9 Å². The third kappa shape index (κ3) is 2.29. The number of halogens is 1. The van der Waals surface area contributed by atoms with Gasteiger partial charge in [0.2, 0.25) is 12.7 Å². The standard InChI is InChI=1S/C15H8BrNO5/c16-13-4-2-9(21-13)6-10-15(18)22-14(17-10)8-1-3-11-12(5-8)20-7-19-11/h1-6H,7H2/b10-6-. The first-order chi connectivity index (χ1) is 10.7. The lowest BCUT2D eigenvalue weighted by Gasteiger charge is -2.01. The highest BCUT2D eigenvalue weighted by molar-refractivity contribution is 9.10. The van der Waals surface area contributed by atoms with Crippen LogP contribution in [0.2, 0.25) is 0 Å². The molecule has 0 amide bonds. The molecule has 0 spiro atoms. The van der Waals surface area contributed by atoms with Crippen molar-refractivity contribution in [1.82, 2.24) is 0 Å². The normalized spacial score (nSPS) is 17.8. The number of cyclic esters (lactones) is 1. The summed E-state index contributed by atoms with van der Waals surface area (Å²) in [5, 5.41) is 0. The second-order valence-corrected chi connectivity index (χ2v) is 5.33. The van der Waals surface area contributed by atoms with Gasteiger partial charge in [-0.05, 0) is 46.3 Å². The minimum atomic E-state index is -0.528. The van der Waals surface area contributed by atoms with Crippen molar-refractivity contribution in [1.29, 1.82) is 0 Å². The highest BCUT2D eigenvalue weighted by Crippen LogP contribution is 2.33. The number of carbonyl (C=O) groups is 1. The number of aliphatic imine (C=N–C) groups is 1. The van der Waals surface area contributed by atoms with E-state index < -0.39 is 5.97 Å². The van der Waals surface area contributed by atoms with Gasteiger partial charge in [-0.2, -0.15) is 0 Å². The van der Waals surface area contributed by atoms with Crippen molar-refractivity contribution in [3.63, 3.8) is 0 Å². The minimum absolute atomic E-state index is 0.175. The number of ether oxygens (including phenoxy) is 3. The van der Waals surface area contributed by atoms with Crippen molar-refractivity contribution in [2.75, 3.05) is 6.79 Å². The smallest absolute Gasteiger partial charge is 0.363 e. The van der Waals surface area contributed by atoms with Crippen molar-refractivity contribution in [2.45, 2.75) is 0 Å². The molecule has 0 saturated heterocycles. The van der Waals surface area contributed by atoms with Crippen LogP contribution in [0.4, 0.5) is 0 Å². The molecule has 0 N–H and O–H groups in total. The van der Waals surface area contributed by atoms with Crippen LogP contribution < -0.4 is 9.47 Å². The van der Waals surface area contributed by atoms with Gasteiger partial charge in [0, 0.05) is 11.6 Å². The van der Waals surface area contributed by atoms with E-state index in [1.807, 2.05) is 0 Å². The highest BCUT2D eigenvalue weighted by atomic mass is 79.9. The Kier molecular flexibility index (Phi) is 3.00. The Morgan fingerprint density at radius 3 is 2.82 bits per heavy atom. The molecule has 2 aromatic rings. The molecular weight excluding hydrogens is 354 g/mol. The summed E-state index contributed by atoms with van der Waals surface area (Å²) in [4.78, 5) is 16.1. The Balaban J connectivity index is 1.67. The van der Waals surface area contributed by atoms with Gasteiger partial charge in [-0.1, -0.05) is 0 Å². The summed E-state index contributed by atoms with van der Waals surface area (Å²) in [6.07, 6.45) is 1.52. The molecule has 0 unspecified atom stereocenters. The number of benzene rings is 1. The van der Waals surface area contributed by atoms with E-state index in [1.165, 1.54) is 6.08 Å². The lowest BCUT2D eigenvalue weighted by molar-refractivity contribution is -0.129. The Labute approximate surface area is 133 Å². The topological polar surface area (TPSA) is 70.3 Å². The Hall–Kier alpha value is -2.54. The van der Waals surface area contributed by atoms with Gasteiger partial charge in [0.1, 0.15) is 5.76 Å². The van der Waals surface area contributed by atoms with Crippen LogP contribution in [0.25, 0.3) is 6.08 Å². The van der Waals surface area contributed by atoms with E-state index in [1.54, 1.807) is 30.3 Å². The quantitative estimate of drug-likeness (QED) is 0.607. The summed E-state index contributed by atoms with van der Waals surface area (Å²) in [7, 11) is 0. The summed E-state index contributed by atoms with van der Waals surface area (Å²) < 4.78 is 21.6. The molecule has 0 radical (unpaired) electrons. The monoisotopic (exact) mass is 361 g/mol. The molecule has 110 valence electrons. The molecule has 0 saturated carbocycles. The molecule has 1 aromatic heterocycles. The van der Waals surface area contributed by atoms with Gasteiger partial charge in [0.05, 0.1) is 0 Å². The number of esters is 1. The average molecular weight is 362 g/mol. The van der Waals surface area contributed by atoms with Gasteiger partial charge in [0.25, 0.3) is 0 Å². The Bertz CT molecular complexity index is 836. The van der Waals surface area contributed by atoms with Crippen molar-refractivity contribution in [3.05, 3.63) is 52.0 Å². The average Bonchev–Trinajstić information content (AvgIpc) is 3.20. The number of carbonyl (C=O) groups excluding carboxylic acids is 1. The molecule has 7 heteroatoms. The van der Waals surface area contributed by atoms with E-state index in [9.17, 15) is 4.79 Å². The number of nitrogens with zero attached hydrogens (tertiary/aromatic N) is 1. The molecule has 2 aliphatic heterocycles. The van der Waals surface area contributed by atoms with Crippen LogP contribution >= 0.6 is 15.9 Å². The molecule has 1 aromatic carbocycles. The largest absolute Gasteiger partial charge is 0.454 e. The van der Waals surface area contributed by atoms with Crippen LogP contribution in [0.5, 0.6) is 11.5 Å². The van der Waals surface area contributed by atoms with Crippen LogP contribution in [-0.4, -0.2) is 18.7 Å². The third-order valence-corrected chi connectivity index (χ3v) is 3.54. The van der Waals surface area contributed by atoms with Crippen LogP contribution in [0.3, 0.4) is 0 Å². The van der Waals surface area contributed by atoms with Crippen LogP contribution in [-0.2, 0) is 9.53 Å². The summed E-state index contributed by atoms with van der Waals surface area (Å²) in [6.45, 7) is 0.184. The van der Waals surface area contributed by atoms with E-state index in [0.29, 0.717) is 27.5 Å². The van der Waals surface area contributed by atoms with E-state index in [-0.39, 0.29) is 18.4 Å². The van der Waals surface area contributed by atoms with Crippen molar-refractivity contribution in [2.24, 2.45) is 4.99 Å². The van der Waals surface area contributed by atoms with Crippen LogP contribution in [0.1, 0.15) is 11.3 Å². The molecule has 0 fully saturated rings. The third-order valence-electron chi connectivity index (χ3n) is 3.11. The molecule has 0 atom stereocenters. The number of fused-ring (bicyclic) bond motifs is 1. The van der Waals surface area contributed by atoms with E-state index >= 15 is 0 Å². The maximum absolute atomic E-state index is 11.9. The van der Waals surface area contributed by atoms with Gasteiger partial charge < -0.3 is 18.6 Å². The predicted molar refractivity (Wildman–Crippen MR) is 79.6 cm³/mol. The maximum Gasteiger partial charge on any atom is 0.363 e. The van der Waals surface area contributed by atoms with Crippen molar-refractivity contribution in [3.8, 4) is 11.5 Å². The first-order valence-corrected chi connectivity index (χ1v) is 7.16. The lowest BCUT2D eigenvalue weighted by Crippen LogP contribution is -2.05. The number of furan rings is 1. The molecule has 3 heterocycles. The fourth-order valence-electron chi connectivity index (χ4n) is 2.10. The molecule has 4 rings (SSSR count). The fraction of sp³-hybridized carbons (Fsp3) is 0.0667. The van der Waals surface area contributed by atoms with Crippen molar-refractivity contribution < 1.29 is 23.4 Å². The number of rotatable bonds is 2. The summed E-state index contributed by atoms with van der Waals surface area (Å²) in [5.74, 6) is 1.46. The first kappa shape index (κ1) is 13.1. The zero-order valence-corrected chi connectivity index (χ0v) is 12.6. The SMILES string of the molecule is O=C1OC(c2ccc3c(c2)OCO3)=N/C1=C\c1ccc(Br)o1. The maximum atomic E-state index is 11.9. The van der Waals surface area contributed by atoms with E-state index in [2.05, 4.69) is 20.9 Å². The van der Waals surface area contributed by atoms with Crippen LogP contribution in [0, 0.1) is 0 Å². The molecule has 0 aliphatic carbocycles. The summed E-state index contributed by atoms with van der Waals surface area (Å²) in [5.41, 5.74) is 0.816. The molecule has 22 heavy (non-hydrogen) atoms. The van der Waals surface area contributed by atoms with Crippen LogP contribution in [0.15, 0.2) is 50.1 Å². The zero-order chi connectivity index (χ0) is 15.1. The van der Waals surface area contributed by atoms with Gasteiger partial charge in [-0.15, -0.1) is 0 Å². The first-order valence-electron chi connectivity index (χ1n) is 6.37. The summed E-state index contributed by atoms with van der Waals surface area (Å²) >= 11 is 3.20. The molecule has 0 bridgehead atoms.